The Morgan fingerprint density at radius 3 is 2.34 bits per heavy atom. The average molecular weight is 388 g/mol. The maximum atomic E-state index is 12.8. The topological polar surface area (TPSA) is 67.4 Å². The minimum atomic E-state index is -0.0233. The zero-order valence-corrected chi connectivity index (χ0v) is 16.5. The molecule has 0 bridgehead atoms. The van der Waals surface area contributed by atoms with Crippen molar-refractivity contribution < 1.29 is 9.53 Å². The highest BCUT2D eigenvalue weighted by Crippen LogP contribution is 2.24. The predicted molar refractivity (Wildman–Crippen MR) is 113 cm³/mol. The van der Waals surface area contributed by atoms with Gasteiger partial charge in [0.25, 0.3) is 5.91 Å². The molecular formula is C23H24N4O2. The van der Waals surface area contributed by atoms with Crippen LogP contribution in [0.1, 0.15) is 35.4 Å². The third-order valence-corrected chi connectivity index (χ3v) is 4.81. The van der Waals surface area contributed by atoms with Gasteiger partial charge in [0.2, 0.25) is 5.95 Å². The molecule has 6 heteroatoms. The van der Waals surface area contributed by atoms with Gasteiger partial charge in [0, 0.05) is 24.5 Å². The Kier molecular flexibility index (Phi) is 5.70. The summed E-state index contributed by atoms with van der Waals surface area (Å²) in [6, 6.07) is 18.9. The highest BCUT2D eigenvalue weighted by Gasteiger charge is 2.20. The summed E-state index contributed by atoms with van der Waals surface area (Å²) in [6.07, 6.45) is 3.29. The number of anilines is 2. The smallest absolute Gasteiger partial charge is 0.272 e. The van der Waals surface area contributed by atoms with E-state index in [-0.39, 0.29) is 5.91 Å². The molecule has 148 valence electrons. The molecular weight excluding hydrogens is 364 g/mol. The van der Waals surface area contributed by atoms with Crippen LogP contribution in [0.5, 0.6) is 11.5 Å². The molecule has 1 aliphatic rings. The molecule has 4 rings (SSSR count). The fourth-order valence-corrected chi connectivity index (χ4v) is 3.35. The first-order valence-corrected chi connectivity index (χ1v) is 9.92. The normalized spacial score (nSPS) is 13.8. The molecule has 0 atom stereocenters. The molecule has 0 unspecified atom stereocenters. The first kappa shape index (κ1) is 18.9. The number of hydrogen-bond acceptors (Lipinski definition) is 5. The van der Waals surface area contributed by atoms with Gasteiger partial charge in [-0.3, -0.25) is 4.79 Å². The number of hydrogen-bond donors (Lipinski definition) is 1. The third-order valence-electron chi connectivity index (χ3n) is 4.81. The van der Waals surface area contributed by atoms with Crippen LogP contribution in [0.4, 0.5) is 11.6 Å². The molecule has 1 amide bonds. The van der Waals surface area contributed by atoms with E-state index in [1.54, 1.807) is 6.07 Å². The summed E-state index contributed by atoms with van der Waals surface area (Å²) < 4.78 is 5.81. The number of likely N-dealkylation sites (tertiary alicyclic amines) is 1. The van der Waals surface area contributed by atoms with E-state index in [1.165, 1.54) is 6.42 Å². The molecule has 6 nitrogen and oxygen atoms in total. The SMILES string of the molecule is Cc1cc(C(=O)N2CCCCC2)nc(Nc2ccc(Oc3ccccc3)cc2)n1. The number of benzene rings is 2. The Morgan fingerprint density at radius 1 is 0.931 bits per heavy atom. The van der Waals surface area contributed by atoms with Crippen molar-refractivity contribution in [1.29, 1.82) is 0 Å². The van der Waals surface area contributed by atoms with Crippen LogP contribution in [0.15, 0.2) is 60.7 Å². The molecule has 0 aliphatic carbocycles. The lowest BCUT2D eigenvalue weighted by atomic mass is 10.1. The van der Waals surface area contributed by atoms with E-state index in [0.717, 1.165) is 48.8 Å². The lowest BCUT2D eigenvalue weighted by molar-refractivity contribution is 0.0718. The number of nitrogens with one attached hydrogen (secondary N) is 1. The van der Waals surface area contributed by atoms with Crippen LogP contribution in [0.3, 0.4) is 0 Å². The molecule has 1 saturated heterocycles. The summed E-state index contributed by atoms with van der Waals surface area (Å²) in [6.45, 7) is 3.47. The zero-order chi connectivity index (χ0) is 20.1. The van der Waals surface area contributed by atoms with Gasteiger partial charge >= 0.3 is 0 Å². The summed E-state index contributed by atoms with van der Waals surface area (Å²) in [4.78, 5) is 23.5. The van der Waals surface area contributed by atoms with Crippen molar-refractivity contribution >= 4 is 17.5 Å². The number of rotatable bonds is 5. The van der Waals surface area contributed by atoms with Crippen LogP contribution in [0, 0.1) is 6.92 Å². The standard InChI is InChI=1S/C23H24N4O2/c1-17-16-21(22(28)27-14-6-3-7-15-27)26-23(24-17)25-18-10-12-20(13-11-18)29-19-8-4-2-5-9-19/h2,4-5,8-13,16H,3,6-7,14-15H2,1H3,(H,24,25,26). The number of aromatic nitrogens is 2. The summed E-state index contributed by atoms with van der Waals surface area (Å²) in [5, 5.41) is 3.19. The Labute approximate surface area is 170 Å². The van der Waals surface area contributed by atoms with E-state index in [0.29, 0.717) is 11.6 Å². The van der Waals surface area contributed by atoms with Crippen molar-refractivity contribution in [2.24, 2.45) is 0 Å². The van der Waals surface area contributed by atoms with Crippen molar-refractivity contribution in [2.75, 3.05) is 18.4 Å². The number of nitrogens with zero attached hydrogens (tertiary/aromatic N) is 3. The molecule has 2 heterocycles. The molecule has 1 aliphatic heterocycles. The number of carbonyl (C=O) groups is 1. The van der Waals surface area contributed by atoms with Crippen molar-refractivity contribution in [3.05, 3.63) is 72.1 Å². The van der Waals surface area contributed by atoms with E-state index in [4.69, 9.17) is 4.74 Å². The highest BCUT2D eigenvalue weighted by atomic mass is 16.5. The van der Waals surface area contributed by atoms with Gasteiger partial charge in [0.15, 0.2) is 0 Å². The lowest BCUT2D eigenvalue weighted by Crippen LogP contribution is -2.36. The van der Waals surface area contributed by atoms with E-state index < -0.39 is 0 Å². The molecule has 0 saturated carbocycles. The first-order valence-electron chi connectivity index (χ1n) is 9.92. The van der Waals surface area contributed by atoms with E-state index >= 15 is 0 Å². The second-order valence-corrected chi connectivity index (χ2v) is 7.14. The van der Waals surface area contributed by atoms with Crippen LogP contribution in [0.25, 0.3) is 0 Å². The average Bonchev–Trinajstić information content (AvgIpc) is 2.75. The minimum absolute atomic E-state index is 0.0233. The van der Waals surface area contributed by atoms with Crippen molar-refractivity contribution in [2.45, 2.75) is 26.2 Å². The van der Waals surface area contributed by atoms with Crippen LogP contribution < -0.4 is 10.1 Å². The second-order valence-electron chi connectivity index (χ2n) is 7.14. The van der Waals surface area contributed by atoms with Crippen molar-refractivity contribution in [1.82, 2.24) is 14.9 Å². The van der Waals surface area contributed by atoms with Crippen LogP contribution in [-0.4, -0.2) is 33.9 Å². The van der Waals surface area contributed by atoms with E-state index in [1.807, 2.05) is 66.4 Å². The lowest BCUT2D eigenvalue weighted by Gasteiger charge is -2.26. The molecule has 0 radical (unpaired) electrons. The predicted octanol–water partition coefficient (Wildman–Crippen LogP) is 4.95. The number of para-hydroxylation sites is 1. The summed E-state index contributed by atoms with van der Waals surface area (Å²) in [5.74, 6) is 1.93. The van der Waals surface area contributed by atoms with E-state index in [9.17, 15) is 4.79 Å². The second kappa shape index (κ2) is 8.73. The molecule has 3 aromatic rings. The molecule has 1 aromatic heterocycles. The van der Waals surface area contributed by atoms with Gasteiger partial charge in [-0.05, 0) is 68.7 Å². The fraction of sp³-hybridized carbons (Fsp3) is 0.261. The van der Waals surface area contributed by atoms with Gasteiger partial charge in [-0.25, -0.2) is 9.97 Å². The van der Waals surface area contributed by atoms with Crippen LogP contribution in [-0.2, 0) is 0 Å². The Balaban J connectivity index is 1.46. The minimum Gasteiger partial charge on any atom is -0.457 e. The first-order chi connectivity index (χ1) is 14.2. The highest BCUT2D eigenvalue weighted by molar-refractivity contribution is 5.92. The van der Waals surface area contributed by atoms with Gasteiger partial charge in [0.05, 0.1) is 0 Å². The molecule has 0 spiro atoms. The van der Waals surface area contributed by atoms with Gasteiger partial charge in [-0.1, -0.05) is 18.2 Å². The van der Waals surface area contributed by atoms with Crippen LogP contribution in [0.2, 0.25) is 0 Å². The Hall–Kier alpha value is -3.41. The zero-order valence-electron chi connectivity index (χ0n) is 16.5. The van der Waals surface area contributed by atoms with Gasteiger partial charge < -0.3 is 15.0 Å². The third kappa shape index (κ3) is 4.90. The maximum absolute atomic E-state index is 12.8. The van der Waals surface area contributed by atoms with Gasteiger partial charge in [-0.15, -0.1) is 0 Å². The Bertz CT molecular complexity index is 968. The number of carbonyl (C=O) groups excluding carboxylic acids is 1. The number of amides is 1. The summed E-state index contributed by atoms with van der Waals surface area (Å²) in [7, 11) is 0. The number of aryl methyl sites for hydroxylation is 1. The molecule has 1 N–H and O–H groups in total. The van der Waals surface area contributed by atoms with Gasteiger partial charge in [-0.2, -0.15) is 0 Å². The monoisotopic (exact) mass is 388 g/mol. The summed E-state index contributed by atoms with van der Waals surface area (Å²) in [5.41, 5.74) is 2.02. The molecule has 2 aromatic carbocycles. The Morgan fingerprint density at radius 2 is 1.62 bits per heavy atom. The number of piperidine rings is 1. The maximum Gasteiger partial charge on any atom is 0.272 e. The van der Waals surface area contributed by atoms with Crippen LogP contribution >= 0.6 is 0 Å². The quantitative estimate of drug-likeness (QED) is 0.670. The fourth-order valence-electron chi connectivity index (χ4n) is 3.35. The van der Waals surface area contributed by atoms with Crippen molar-refractivity contribution in [3.63, 3.8) is 0 Å². The van der Waals surface area contributed by atoms with E-state index in [2.05, 4.69) is 15.3 Å². The van der Waals surface area contributed by atoms with Gasteiger partial charge in [0.1, 0.15) is 17.2 Å². The number of ether oxygens (including phenoxy) is 1. The molecule has 1 fully saturated rings. The molecule has 29 heavy (non-hydrogen) atoms. The summed E-state index contributed by atoms with van der Waals surface area (Å²) >= 11 is 0. The largest absolute Gasteiger partial charge is 0.457 e. The van der Waals surface area contributed by atoms with Crippen molar-refractivity contribution in [3.8, 4) is 11.5 Å².